The van der Waals surface area contributed by atoms with Crippen LogP contribution in [-0.2, 0) is 21.7 Å². The highest BCUT2D eigenvalue weighted by atomic mass is 19.1. The fourth-order valence-electron chi connectivity index (χ4n) is 6.46. The number of H-pyrrole nitrogens is 1. The summed E-state index contributed by atoms with van der Waals surface area (Å²) in [5.74, 6) is -0.480. The van der Waals surface area contributed by atoms with E-state index in [2.05, 4.69) is 142 Å². The summed E-state index contributed by atoms with van der Waals surface area (Å²) in [6.07, 6.45) is 2.07. The van der Waals surface area contributed by atoms with E-state index in [0.29, 0.717) is 5.69 Å². The number of pyridine rings is 2. The molecule has 0 aliphatic rings. The fraction of sp³-hybridized carbons (Fsp3) is 0.364. The van der Waals surface area contributed by atoms with Gasteiger partial charge in [0.15, 0.2) is 0 Å². The molecule has 0 saturated carbocycles. The molecule has 0 spiro atoms. The van der Waals surface area contributed by atoms with Crippen LogP contribution in [-0.4, -0.2) is 15.0 Å². The van der Waals surface area contributed by atoms with Gasteiger partial charge in [0.25, 0.3) is 0 Å². The third-order valence-electron chi connectivity index (χ3n) is 9.55. The first kappa shape index (κ1) is 33.6. The van der Waals surface area contributed by atoms with Crippen LogP contribution in [0.3, 0.4) is 0 Å². The van der Waals surface area contributed by atoms with Crippen LogP contribution >= 0.6 is 0 Å². The molecule has 0 fully saturated rings. The Hall–Kier alpha value is -4.31. The molecule has 248 valence electrons. The average Bonchev–Trinajstić information content (AvgIpc) is 3.37. The van der Waals surface area contributed by atoms with Crippen molar-refractivity contribution in [1.82, 2.24) is 15.0 Å². The van der Waals surface area contributed by atoms with Crippen LogP contribution in [0.15, 0.2) is 79.0 Å². The van der Waals surface area contributed by atoms with E-state index in [1.807, 2.05) is 18.2 Å². The zero-order valence-corrected chi connectivity index (χ0v) is 30.8. The van der Waals surface area contributed by atoms with E-state index in [9.17, 15) is 4.39 Å². The van der Waals surface area contributed by atoms with Crippen molar-refractivity contribution in [2.45, 2.75) is 105 Å². The van der Waals surface area contributed by atoms with Crippen LogP contribution in [0.25, 0.3) is 55.4 Å². The average molecular weight is 640 g/mol. The Bertz CT molecular complexity index is 2170. The number of aromatic amines is 1. The fourth-order valence-corrected chi connectivity index (χ4v) is 6.46. The lowest BCUT2D eigenvalue weighted by atomic mass is 9.78. The molecule has 0 bridgehead atoms. The van der Waals surface area contributed by atoms with Gasteiger partial charge >= 0.3 is 0 Å². The number of nitrogens with one attached hydrogen (secondary N) is 1. The van der Waals surface area contributed by atoms with Crippen molar-refractivity contribution in [1.29, 1.82) is 0 Å². The number of aromatic nitrogens is 3. The van der Waals surface area contributed by atoms with E-state index < -0.39 is 5.95 Å². The number of rotatable bonds is 3. The van der Waals surface area contributed by atoms with E-state index in [-0.39, 0.29) is 21.7 Å². The second kappa shape index (κ2) is 11.4. The molecule has 3 aromatic carbocycles. The number of hydrogen-bond donors (Lipinski definition) is 1. The van der Waals surface area contributed by atoms with Gasteiger partial charge in [-0.2, -0.15) is 4.39 Å². The highest BCUT2D eigenvalue weighted by molar-refractivity contribution is 6.16. The predicted molar refractivity (Wildman–Crippen MR) is 202 cm³/mol. The van der Waals surface area contributed by atoms with Crippen molar-refractivity contribution >= 4 is 21.8 Å². The second-order valence-electron chi connectivity index (χ2n) is 17.6. The van der Waals surface area contributed by atoms with Crippen LogP contribution in [0.4, 0.5) is 4.39 Å². The molecule has 1 N–H and O–H groups in total. The Morgan fingerprint density at radius 2 is 1.08 bits per heavy atom. The lowest BCUT2D eigenvalue weighted by Gasteiger charge is -2.27. The zero-order chi connectivity index (χ0) is 35.0. The molecule has 6 aromatic rings. The number of hydrogen-bond acceptors (Lipinski definition) is 2. The van der Waals surface area contributed by atoms with Gasteiger partial charge in [0.05, 0.1) is 22.4 Å². The molecule has 0 amide bonds. The van der Waals surface area contributed by atoms with Crippen molar-refractivity contribution in [3.8, 4) is 33.6 Å². The third kappa shape index (κ3) is 6.30. The second-order valence-corrected chi connectivity index (χ2v) is 17.6. The first-order chi connectivity index (χ1) is 22.2. The summed E-state index contributed by atoms with van der Waals surface area (Å²) in [6, 6.07) is 25.0. The molecule has 48 heavy (non-hydrogen) atoms. The molecule has 4 heteroatoms. The molecule has 0 aliphatic carbocycles. The van der Waals surface area contributed by atoms with Gasteiger partial charge in [-0.1, -0.05) is 113 Å². The molecule has 0 aliphatic heterocycles. The lowest BCUT2D eigenvalue weighted by Crippen LogP contribution is -2.18. The topological polar surface area (TPSA) is 41.6 Å². The van der Waals surface area contributed by atoms with Gasteiger partial charge in [-0.3, -0.25) is 4.98 Å². The van der Waals surface area contributed by atoms with Crippen molar-refractivity contribution in [2.75, 3.05) is 0 Å². The summed E-state index contributed by atoms with van der Waals surface area (Å²) in [4.78, 5) is 13.4. The van der Waals surface area contributed by atoms with E-state index in [1.165, 1.54) is 39.1 Å². The zero-order valence-electron chi connectivity index (χ0n) is 30.8. The van der Waals surface area contributed by atoms with E-state index in [1.54, 1.807) is 6.07 Å². The van der Waals surface area contributed by atoms with Crippen LogP contribution in [0, 0.1) is 5.95 Å². The largest absolute Gasteiger partial charge is 0.353 e. The maximum absolute atomic E-state index is 14.1. The smallest absolute Gasteiger partial charge is 0.213 e. The first-order valence-electron chi connectivity index (χ1n) is 17.1. The Morgan fingerprint density at radius 1 is 0.542 bits per heavy atom. The van der Waals surface area contributed by atoms with E-state index >= 15 is 0 Å². The number of fused-ring (bicyclic) bond motifs is 3. The SMILES string of the molecule is CC(C)(C)c1cnc(-c2cc(C(C)(C)C)cc3c2[nH]c2c(-c4cccc(-c5cccc(F)n5)c4)cc(C(C)(C)C)cc23)c(C(C)(C)C)c1. The summed E-state index contributed by atoms with van der Waals surface area (Å²) in [7, 11) is 0. The Labute approximate surface area is 286 Å². The number of halogens is 1. The van der Waals surface area contributed by atoms with Crippen LogP contribution < -0.4 is 0 Å². The summed E-state index contributed by atoms with van der Waals surface area (Å²) in [5, 5.41) is 2.39. The van der Waals surface area contributed by atoms with Crippen LogP contribution in [0.2, 0.25) is 0 Å². The van der Waals surface area contributed by atoms with Crippen LogP contribution in [0.5, 0.6) is 0 Å². The highest BCUT2D eigenvalue weighted by Crippen LogP contribution is 2.44. The molecule has 0 atom stereocenters. The minimum absolute atomic E-state index is 0.0109. The summed E-state index contributed by atoms with van der Waals surface area (Å²) in [5.41, 5.74) is 12.7. The Kier molecular flexibility index (Phi) is 7.97. The Balaban J connectivity index is 1.72. The Morgan fingerprint density at radius 3 is 1.65 bits per heavy atom. The minimum atomic E-state index is -0.480. The van der Waals surface area contributed by atoms with Gasteiger partial charge in [0.2, 0.25) is 5.95 Å². The molecule has 0 unspecified atom stereocenters. The van der Waals surface area contributed by atoms with Crippen molar-refractivity contribution in [2.24, 2.45) is 0 Å². The number of nitrogens with zero attached hydrogens (tertiary/aromatic N) is 2. The monoisotopic (exact) mass is 639 g/mol. The first-order valence-corrected chi connectivity index (χ1v) is 17.1. The van der Waals surface area contributed by atoms with Gasteiger partial charge in [-0.15, -0.1) is 0 Å². The number of benzene rings is 3. The minimum Gasteiger partial charge on any atom is -0.353 e. The molecule has 0 saturated heterocycles. The summed E-state index contributed by atoms with van der Waals surface area (Å²) >= 11 is 0. The summed E-state index contributed by atoms with van der Waals surface area (Å²) < 4.78 is 14.1. The van der Waals surface area contributed by atoms with Crippen molar-refractivity contribution in [3.63, 3.8) is 0 Å². The molecule has 3 heterocycles. The molecule has 3 nitrogen and oxygen atoms in total. The van der Waals surface area contributed by atoms with Gasteiger partial charge in [0.1, 0.15) is 0 Å². The van der Waals surface area contributed by atoms with E-state index in [0.717, 1.165) is 39.0 Å². The van der Waals surface area contributed by atoms with Crippen LogP contribution in [0.1, 0.15) is 105 Å². The highest BCUT2D eigenvalue weighted by Gasteiger charge is 2.28. The quantitative estimate of drug-likeness (QED) is 0.196. The van der Waals surface area contributed by atoms with Gasteiger partial charge < -0.3 is 4.98 Å². The molecule has 0 radical (unpaired) electrons. The normalized spacial score (nSPS) is 13.1. The maximum atomic E-state index is 14.1. The molecular formula is C44H50FN3. The maximum Gasteiger partial charge on any atom is 0.213 e. The van der Waals surface area contributed by atoms with Crippen molar-refractivity contribution < 1.29 is 4.39 Å². The van der Waals surface area contributed by atoms with Crippen molar-refractivity contribution in [3.05, 3.63) is 107 Å². The van der Waals surface area contributed by atoms with Gasteiger partial charge in [0, 0.05) is 33.7 Å². The van der Waals surface area contributed by atoms with Gasteiger partial charge in [-0.05, 0) is 91.9 Å². The van der Waals surface area contributed by atoms with Gasteiger partial charge in [-0.25, -0.2) is 4.98 Å². The predicted octanol–water partition coefficient (Wildman–Crippen LogP) is 12.4. The molecular weight excluding hydrogens is 590 g/mol. The van der Waals surface area contributed by atoms with E-state index in [4.69, 9.17) is 4.98 Å². The molecule has 6 rings (SSSR count). The molecule has 3 aromatic heterocycles. The lowest BCUT2D eigenvalue weighted by molar-refractivity contribution is 0.565. The standard InChI is InChI=1S/C44H50FN3/c1-41(2,3)28-20-31(26-15-13-16-27(19-26)36-17-14-18-37(45)47-36)38-32(21-28)33-22-29(42(4,5)6)23-34(39(33)48-38)40-35(44(10,11)12)24-30(25-46-40)43(7,8)9/h13-25,48H,1-12H3. The summed E-state index contributed by atoms with van der Waals surface area (Å²) in [6.45, 7) is 27.2. The third-order valence-corrected chi connectivity index (χ3v) is 9.55.